The van der Waals surface area contributed by atoms with Crippen molar-refractivity contribution in [2.24, 2.45) is 5.73 Å². The Hall–Kier alpha value is -1.39. The van der Waals surface area contributed by atoms with E-state index in [9.17, 15) is 4.39 Å². The van der Waals surface area contributed by atoms with Crippen LogP contribution >= 0.6 is 15.9 Å². The SMILES string of the molecule is CC[C@H](N)c1ccccc1OCc1cc(F)cc(Br)c1. The number of ether oxygens (including phenoxy) is 1. The summed E-state index contributed by atoms with van der Waals surface area (Å²) in [4.78, 5) is 0. The fourth-order valence-electron chi connectivity index (χ4n) is 1.99. The Labute approximate surface area is 126 Å². The van der Waals surface area contributed by atoms with E-state index in [-0.39, 0.29) is 11.9 Å². The molecule has 0 aliphatic rings. The van der Waals surface area contributed by atoms with Crippen molar-refractivity contribution < 1.29 is 9.13 Å². The number of rotatable bonds is 5. The molecule has 0 aliphatic carbocycles. The Balaban J connectivity index is 2.14. The standard InChI is InChI=1S/C16H17BrFNO/c1-2-15(19)14-5-3-4-6-16(14)20-10-11-7-12(17)9-13(18)8-11/h3-9,15H,2,10,19H2,1H3/t15-/m0/s1. The fourth-order valence-corrected chi connectivity index (χ4v) is 2.51. The highest BCUT2D eigenvalue weighted by atomic mass is 79.9. The van der Waals surface area contributed by atoms with E-state index in [4.69, 9.17) is 10.5 Å². The molecule has 0 fully saturated rings. The fraction of sp³-hybridized carbons (Fsp3) is 0.250. The van der Waals surface area contributed by atoms with Crippen molar-refractivity contribution in [3.8, 4) is 5.75 Å². The molecule has 0 spiro atoms. The molecule has 0 aliphatic heterocycles. The summed E-state index contributed by atoms with van der Waals surface area (Å²) in [5.74, 6) is 0.471. The Morgan fingerprint density at radius 1 is 1.25 bits per heavy atom. The summed E-state index contributed by atoms with van der Waals surface area (Å²) in [6, 6.07) is 12.4. The quantitative estimate of drug-likeness (QED) is 0.866. The number of para-hydroxylation sites is 1. The first kappa shape index (κ1) is 15.0. The normalized spacial score (nSPS) is 12.2. The van der Waals surface area contributed by atoms with Gasteiger partial charge in [-0.25, -0.2) is 4.39 Å². The third kappa shape index (κ3) is 3.81. The molecule has 0 saturated carbocycles. The van der Waals surface area contributed by atoms with Gasteiger partial charge in [-0.15, -0.1) is 0 Å². The molecule has 0 saturated heterocycles. The lowest BCUT2D eigenvalue weighted by Crippen LogP contribution is -2.10. The van der Waals surface area contributed by atoms with E-state index in [0.29, 0.717) is 11.1 Å². The Morgan fingerprint density at radius 3 is 2.70 bits per heavy atom. The van der Waals surface area contributed by atoms with E-state index in [2.05, 4.69) is 15.9 Å². The van der Waals surface area contributed by atoms with Crippen LogP contribution in [0.1, 0.15) is 30.5 Å². The van der Waals surface area contributed by atoms with Crippen molar-refractivity contribution in [2.45, 2.75) is 26.0 Å². The Bertz CT molecular complexity index is 568. The third-order valence-corrected chi connectivity index (χ3v) is 3.53. The van der Waals surface area contributed by atoms with Crippen LogP contribution in [0, 0.1) is 5.82 Å². The van der Waals surface area contributed by atoms with Crippen molar-refractivity contribution >= 4 is 15.9 Å². The van der Waals surface area contributed by atoms with E-state index < -0.39 is 0 Å². The molecule has 0 heterocycles. The monoisotopic (exact) mass is 337 g/mol. The van der Waals surface area contributed by atoms with Crippen molar-refractivity contribution in [1.29, 1.82) is 0 Å². The van der Waals surface area contributed by atoms with Gasteiger partial charge in [0.2, 0.25) is 0 Å². The molecule has 0 aromatic heterocycles. The largest absolute Gasteiger partial charge is 0.489 e. The van der Waals surface area contributed by atoms with Crippen molar-refractivity contribution in [3.63, 3.8) is 0 Å². The highest BCUT2D eigenvalue weighted by Gasteiger charge is 2.10. The van der Waals surface area contributed by atoms with Crippen LogP contribution in [-0.4, -0.2) is 0 Å². The number of hydrogen-bond acceptors (Lipinski definition) is 2. The highest BCUT2D eigenvalue weighted by molar-refractivity contribution is 9.10. The average molecular weight is 338 g/mol. The van der Waals surface area contributed by atoms with Crippen LogP contribution in [0.5, 0.6) is 5.75 Å². The Morgan fingerprint density at radius 2 is 2.00 bits per heavy atom. The van der Waals surface area contributed by atoms with Crippen molar-refractivity contribution in [3.05, 3.63) is 63.9 Å². The molecular formula is C16H17BrFNO. The number of halogens is 2. The van der Waals surface area contributed by atoms with Gasteiger partial charge in [-0.2, -0.15) is 0 Å². The average Bonchev–Trinajstić information content (AvgIpc) is 2.43. The van der Waals surface area contributed by atoms with E-state index in [0.717, 1.165) is 23.3 Å². The predicted octanol–water partition coefficient (Wildman–Crippen LogP) is 4.58. The van der Waals surface area contributed by atoms with Gasteiger partial charge in [-0.3, -0.25) is 0 Å². The smallest absolute Gasteiger partial charge is 0.124 e. The van der Waals surface area contributed by atoms with Crippen LogP contribution in [0.3, 0.4) is 0 Å². The zero-order chi connectivity index (χ0) is 14.5. The van der Waals surface area contributed by atoms with Gasteiger partial charge < -0.3 is 10.5 Å². The zero-order valence-corrected chi connectivity index (χ0v) is 12.9. The summed E-state index contributed by atoms with van der Waals surface area (Å²) in [6.07, 6.45) is 0.839. The first-order chi connectivity index (χ1) is 9.60. The lowest BCUT2D eigenvalue weighted by atomic mass is 10.0. The van der Waals surface area contributed by atoms with Crippen LogP contribution in [0.4, 0.5) is 4.39 Å². The Kier molecular flexibility index (Phi) is 5.15. The summed E-state index contributed by atoms with van der Waals surface area (Å²) in [5, 5.41) is 0. The highest BCUT2D eigenvalue weighted by Crippen LogP contribution is 2.26. The van der Waals surface area contributed by atoms with Crippen LogP contribution in [0.2, 0.25) is 0 Å². The molecule has 2 aromatic carbocycles. The van der Waals surface area contributed by atoms with Gasteiger partial charge in [-0.05, 0) is 36.2 Å². The molecule has 2 nitrogen and oxygen atoms in total. The molecule has 2 N–H and O–H groups in total. The maximum Gasteiger partial charge on any atom is 0.124 e. The summed E-state index contributed by atoms with van der Waals surface area (Å²) < 4.78 is 19.8. The maximum absolute atomic E-state index is 13.3. The minimum atomic E-state index is -0.281. The van der Waals surface area contributed by atoms with Gasteiger partial charge in [-0.1, -0.05) is 41.1 Å². The van der Waals surface area contributed by atoms with Crippen LogP contribution in [0.25, 0.3) is 0 Å². The zero-order valence-electron chi connectivity index (χ0n) is 11.3. The van der Waals surface area contributed by atoms with Gasteiger partial charge >= 0.3 is 0 Å². The minimum absolute atomic E-state index is 0.0505. The van der Waals surface area contributed by atoms with E-state index in [1.54, 1.807) is 0 Å². The van der Waals surface area contributed by atoms with Gasteiger partial charge in [0.1, 0.15) is 18.2 Å². The second kappa shape index (κ2) is 6.86. The maximum atomic E-state index is 13.3. The van der Waals surface area contributed by atoms with E-state index in [1.807, 2.05) is 37.3 Å². The number of hydrogen-bond donors (Lipinski definition) is 1. The van der Waals surface area contributed by atoms with Gasteiger partial charge in [0.15, 0.2) is 0 Å². The lowest BCUT2D eigenvalue weighted by molar-refractivity contribution is 0.300. The van der Waals surface area contributed by atoms with Gasteiger partial charge in [0.05, 0.1) is 0 Å². The molecule has 0 radical (unpaired) electrons. The second-order valence-corrected chi connectivity index (χ2v) is 5.53. The van der Waals surface area contributed by atoms with E-state index >= 15 is 0 Å². The van der Waals surface area contributed by atoms with Crippen molar-refractivity contribution in [2.75, 3.05) is 0 Å². The molecule has 1 atom stereocenters. The molecule has 2 aromatic rings. The van der Waals surface area contributed by atoms with Crippen LogP contribution in [0.15, 0.2) is 46.9 Å². The topological polar surface area (TPSA) is 35.2 Å². The third-order valence-electron chi connectivity index (χ3n) is 3.07. The summed E-state index contributed by atoms with van der Waals surface area (Å²) in [7, 11) is 0. The molecule has 0 unspecified atom stereocenters. The second-order valence-electron chi connectivity index (χ2n) is 4.62. The van der Waals surface area contributed by atoms with Gasteiger partial charge in [0, 0.05) is 16.1 Å². The first-order valence-corrected chi connectivity index (χ1v) is 7.31. The minimum Gasteiger partial charge on any atom is -0.489 e. The van der Waals surface area contributed by atoms with Crippen LogP contribution < -0.4 is 10.5 Å². The van der Waals surface area contributed by atoms with E-state index in [1.165, 1.54) is 12.1 Å². The van der Waals surface area contributed by atoms with Crippen LogP contribution in [-0.2, 0) is 6.61 Å². The summed E-state index contributed by atoms with van der Waals surface area (Å²) in [5.41, 5.74) is 7.82. The molecule has 20 heavy (non-hydrogen) atoms. The summed E-state index contributed by atoms with van der Waals surface area (Å²) in [6.45, 7) is 2.34. The molecular weight excluding hydrogens is 321 g/mol. The molecule has 106 valence electrons. The van der Waals surface area contributed by atoms with Crippen molar-refractivity contribution in [1.82, 2.24) is 0 Å². The molecule has 0 bridgehead atoms. The number of benzene rings is 2. The number of nitrogens with two attached hydrogens (primary N) is 1. The van der Waals surface area contributed by atoms with Gasteiger partial charge in [0.25, 0.3) is 0 Å². The molecule has 4 heteroatoms. The molecule has 2 rings (SSSR count). The first-order valence-electron chi connectivity index (χ1n) is 6.52. The lowest BCUT2D eigenvalue weighted by Gasteiger charge is -2.15. The predicted molar refractivity (Wildman–Crippen MR) is 82.1 cm³/mol. The summed E-state index contributed by atoms with van der Waals surface area (Å²) >= 11 is 3.27. The molecule has 0 amide bonds.